The minimum absolute atomic E-state index is 0. The van der Waals surface area contributed by atoms with Gasteiger partial charge in [-0.2, -0.15) is 0 Å². The second-order valence-corrected chi connectivity index (χ2v) is 8.55. The molecule has 2 heterocycles. The third-order valence-corrected chi connectivity index (χ3v) is 6.53. The Hall–Kier alpha value is -0.120. The average Bonchev–Trinajstić information content (AvgIpc) is 3.14. The van der Waals surface area contributed by atoms with E-state index >= 15 is 0 Å². The summed E-state index contributed by atoms with van der Waals surface area (Å²) < 4.78 is 11.6. The number of ether oxygens (including phenoxy) is 2. The zero-order valence-electron chi connectivity index (χ0n) is 17.6. The Kier molecular flexibility index (Phi) is 9.09. The molecule has 3 rings (SSSR count). The number of unbranched alkanes of at least 4 members (excludes halogenated alkanes) is 1. The Labute approximate surface area is 182 Å². The summed E-state index contributed by atoms with van der Waals surface area (Å²) in [6, 6.07) is 1.08. The summed E-state index contributed by atoms with van der Waals surface area (Å²) in [6.07, 6.45) is 5.02. The Bertz CT molecular complexity index is 483. The smallest absolute Gasteiger partial charge is 0.193 e. The van der Waals surface area contributed by atoms with Crippen LogP contribution in [-0.4, -0.2) is 87.0 Å². The molecule has 1 N–H and O–H groups in total. The highest BCUT2D eigenvalue weighted by Crippen LogP contribution is 2.43. The maximum absolute atomic E-state index is 6.09. The van der Waals surface area contributed by atoms with Crippen molar-refractivity contribution in [2.24, 2.45) is 10.4 Å². The molecule has 3 fully saturated rings. The number of guanidine groups is 1. The van der Waals surface area contributed by atoms with Crippen molar-refractivity contribution >= 4 is 29.9 Å². The van der Waals surface area contributed by atoms with E-state index < -0.39 is 0 Å². The van der Waals surface area contributed by atoms with Crippen LogP contribution in [0.1, 0.15) is 46.5 Å². The first-order valence-electron chi connectivity index (χ1n) is 10.5. The van der Waals surface area contributed by atoms with Crippen LogP contribution in [0.4, 0.5) is 0 Å². The lowest BCUT2D eigenvalue weighted by Crippen LogP contribution is -2.63. The minimum atomic E-state index is 0. The molecule has 0 bridgehead atoms. The highest BCUT2D eigenvalue weighted by molar-refractivity contribution is 14.0. The van der Waals surface area contributed by atoms with Crippen molar-refractivity contribution in [1.29, 1.82) is 0 Å². The van der Waals surface area contributed by atoms with E-state index in [1.165, 1.54) is 12.8 Å². The first-order chi connectivity index (χ1) is 12.6. The van der Waals surface area contributed by atoms with E-state index in [1.807, 2.05) is 7.05 Å². The van der Waals surface area contributed by atoms with E-state index in [2.05, 4.69) is 40.9 Å². The van der Waals surface area contributed by atoms with Crippen molar-refractivity contribution in [3.8, 4) is 0 Å². The van der Waals surface area contributed by atoms with Gasteiger partial charge in [0.15, 0.2) is 5.96 Å². The zero-order valence-corrected chi connectivity index (χ0v) is 19.9. The van der Waals surface area contributed by atoms with Crippen LogP contribution in [0, 0.1) is 5.41 Å². The first-order valence-corrected chi connectivity index (χ1v) is 10.5. The van der Waals surface area contributed by atoms with Crippen LogP contribution in [0.5, 0.6) is 0 Å². The third kappa shape index (κ3) is 5.48. The SMILES string of the molecule is CCCCOC1CC(NC(=NC)N2CCC(N3CCOCC3)C2)C1(C)C.I. The number of morpholine rings is 1. The molecular weight excluding hydrogens is 455 g/mol. The molecule has 0 aromatic carbocycles. The summed E-state index contributed by atoms with van der Waals surface area (Å²) in [5.74, 6) is 1.06. The molecule has 27 heavy (non-hydrogen) atoms. The quantitative estimate of drug-likeness (QED) is 0.266. The maximum atomic E-state index is 6.09. The van der Waals surface area contributed by atoms with Gasteiger partial charge in [0.25, 0.3) is 0 Å². The Balaban J connectivity index is 0.00000261. The molecular formula is C20H39IN4O2. The van der Waals surface area contributed by atoms with Gasteiger partial charge >= 0.3 is 0 Å². The van der Waals surface area contributed by atoms with Crippen molar-refractivity contribution in [2.75, 3.05) is 53.0 Å². The van der Waals surface area contributed by atoms with Crippen molar-refractivity contribution in [3.05, 3.63) is 0 Å². The van der Waals surface area contributed by atoms with E-state index in [1.54, 1.807) is 0 Å². The lowest BCUT2D eigenvalue weighted by molar-refractivity contribution is -0.114. The van der Waals surface area contributed by atoms with Gasteiger partial charge in [-0.05, 0) is 19.3 Å². The molecule has 2 saturated heterocycles. The second-order valence-electron chi connectivity index (χ2n) is 8.55. The lowest BCUT2D eigenvalue weighted by atomic mass is 9.64. The molecule has 3 atom stereocenters. The third-order valence-electron chi connectivity index (χ3n) is 6.53. The number of hydrogen-bond acceptors (Lipinski definition) is 4. The normalized spacial score (nSPS) is 31.3. The van der Waals surface area contributed by atoms with Crippen LogP contribution < -0.4 is 5.32 Å². The summed E-state index contributed by atoms with van der Waals surface area (Å²) in [7, 11) is 1.91. The van der Waals surface area contributed by atoms with Crippen molar-refractivity contribution in [1.82, 2.24) is 15.1 Å². The number of aliphatic imine (C=N–C) groups is 1. The molecule has 1 aliphatic carbocycles. The van der Waals surface area contributed by atoms with Gasteiger partial charge in [-0.25, -0.2) is 0 Å². The summed E-state index contributed by atoms with van der Waals surface area (Å²) in [5, 5.41) is 3.73. The van der Waals surface area contributed by atoms with Gasteiger partial charge in [-0.3, -0.25) is 9.89 Å². The Morgan fingerprint density at radius 2 is 2.00 bits per heavy atom. The predicted octanol–water partition coefficient (Wildman–Crippen LogP) is 2.57. The monoisotopic (exact) mass is 494 g/mol. The molecule has 158 valence electrons. The van der Waals surface area contributed by atoms with Crippen molar-refractivity contribution < 1.29 is 9.47 Å². The molecule has 0 radical (unpaired) electrons. The molecule has 0 aromatic heterocycles. The maximum Gasteiger partial charge on any atom is 0.193 e. The van der Waals surface area contributed by atoms with Gasteiger partial charge < -0.3 is 19.7 Å². The molecule has 3 unspecified atom stereocenters. The van der Waals surface area contributed by atoms with Crippen molar-refractivity contribution in [2.45, 2.75) is 64.6 Å². The van der Waals surface area contributed by atoms with E-state index in [9.17, 15) is 0 Å². The molecule has 0 amide bonds. The summed E-state index contributed by atoms with van der Waals surface area (Å²) >= 11 is 0. The van der Waals surface area contributed by atoms with Gasteiger partial charge in [-0.15, -0.1) is 24.0 Å². The number of halogens is 1. The van der Waals surface area contributed by atoms with Gasteiger partial charge in [0, 0.05) is 57.3 Å². The lowest BCUT2D eigenvalue weighted by Gasteiger charge is -2.52. The Morgan fingerprint density at radius 1 is 1.26 bits per heavy atom. The molecule has 7 heteroatoms. The molecule has 0 aromatic rings. The van der Waals surface area contributed by atoms with Gasteiger partial charge in [-0.1, -0.05) is 27.2 Å². The number of rotatable bonds is 6. The first kappa shape index (κ1) is 23.2. The van der Waals surface area contributed by atoms with Crippen LogP contribution in [0.2, 0.25) is 0 Å². The standard InChI is InChI=1S/C20H38N4O2.HI/c1-5-6-11-26-18-14-17(20(18,2)3)22-19(21-4)24-8-7-16(15-24)23-9-12-25-13-10-23;/h16-18H,5-15H2,1-4H3,(H,21,22);1H. The van der Waals surface area contributed by atoms with Crippen molar-refractivity contribution in [3.63, 3.8) is 0 Å². The molecule has 3 aliphatic rings. The second kappa shape index (κ2) is 10.6. The average molecular weight is 494 g/mol. The van der Waals surface area contributed by atoms with Crippen LogP contribution in [0.15, 0.2) is 4.99 Å². The van der Waals surface area contributed by atoms with Gasteiger partial charge in [0.05, 0.1) is 19.3 Å². The molecule has 1 saturated carbocycles. The number of likely N-dealkylation sites (tertiary alicyclic amines) is 1. The van der Waals surface area contributed by atoms with Crippen LogP contribution >= 0.6 is 24.0 Å². The van der Waals surface area contributed by atoms with Gasteiger partial charge in [0.2, 0.25) is 0 Å². The van der Waals surface area contributed by atoms with Crippen LogP contribution in [-0.2, 0) is 9.47 Å². The molecule has 6 nitrogen and oxygen atoms in total. The topological polar surface area (TPSA) is 49.3 Å². The summed E-state index contributed by atoms with van der Waals surface area (Å²) in [6.45, 7) is 13.8. The minimum Gasteiger partial charge on any atom is -0.379 e. The summed E-state index contributed by atoms with van der Waals surface area (Å²) in [5.41, 5.74) is 0.160. The molecule has 2 aliphatic heterocycles. The highest BCUT2D eigenvalue weighted by atomic mass is 127. The number of nitrogens with one attached hydrogen (secondary N) is 1. The fourth-order valence-corrected chi connectivity index (χ4v) is 4.41. The highest BCUT2D eigenvalue weighted by Gasteiger charge is 2.49. The summed E-state index contributed by atoms with van der Waals surface area (Å²) in [4.78, 5) is 9.60. The van der Waals surface area contributed by atoms with E-state index in [-0.39, 0.29) is 29.4 Å². The van der Waals surface area contributed by atoms with E-state index in [0.29, 0.717) is 18.2 Å². The Morgan fingerprint density at radius 3 is 2.63 bits per heavy atom. The van der Waals surface area contributed by atoms with E-state index in [4.69, 9.17) is 9.47 Å². The van der Waals surface area contributed by atoms with Crippen LogP contribution in [0.3, 0.4) is 0 Å². The van der Waals surface area contributed by atoms with Gasteiger partial charge in [0.1, 0.15) is 0 Å². The fourth-order valence-electron chi connectivity index (χ4n) is 4.41. The number of hydrogen-bond donors (Lipinski definition) is 1. The molecule has 0 spiro atoms. The zero-order chi connectivity index (χ0) is 18.6. The van der Waals surface area contributed by atoms with E-state index in [0.717, 1.165) is 64.8 Å². The largest absolute Gasteiger partial charge is 0.379 e. The van der Waals surface area contributed by atoms with Crippen LogP contribution in [0.25, 0.3) is 0 Å². The number of nitrogens with zero attached hydrogens (tertiary/aromatic N) is 3. The fraction of sp³-hybridized carbons (Fsp3) is 0.950. The predicted molar refractivity (Wildman–Crippen MR) is 121 cm³/mol.